The summed E-state index contributed by atoms with van der Waals surface area (Å²) in [7, 11) is 0. The lowest BCUT2D eigenvalue weighted by molar-refractivity contribution is -0.156. The maximum absolute atomic E-state index is 13.8. The normalized spacial score (nSPS) is 26.4. The second-order valence-electron chi connectivity index (χ2n) is 9.16. The number of amides is 1. The number of likely N-dealkylation sites (tertiary alicyclic amines) is 1. The van der Waals surface area contributed by atoms with Crippen LogP contribution in [-0.2, 0) is 9.53 Å². The van der Waals surface area contributed by atoms with Gasteiger partial charge in [0.05, 0.1) is 17.2 Å². The van der Waals surface area contributed by atoms with E-state index >= 15 is 0 Å². The van der Waals surface area contributed by atoms with Gasteiger partial charge in [0.15, 0.2) is 0 Å². The molecule has 1 aliphatic heterocycles. The number of benzene rings is 1. The number of carbonyl (C=O) groups is 1. The van der Waals surface area contributed by atoms with Crippen molar-refractivity contribution in [2.45, 2.75) is 71.4 Å². The van der Waals surface area contributed by atoms with E-state index in [1.165, 1.54) is 18.2 Å². The highest BCUT2D eigenvalue weighted by Crippen LogP contribution is 2.47. The summed E-state index contributed by atoms with van der Waals surface area (Å²) >= 11 is 0. The molecule has 1 saturated heterocycles. The Kier molecular flexibility index (Phi) is 7.52. The third kappa shape index (κ3) is 5.28. The van der Waals surface area contributed by atoms with Gasteiger partial charge in [0.25, 0.3) is 0 Å². The van der Waals surface area contributed by atoms with Gasteiger partial charge in [0.1, 0.15) is 23.6 Å². The highest BCUT2D eigenvalue weighted by Gasteiger charge is 2.51. The van der Waals surface area contributed by atoms with Crippen LogP contribution in [0.1, 0.15) is 70.9 Å². The minimum Gasteiger partial charge on any atom is -0.495 e. The van der Waals surface area contributed by atoms with Crippen LogP contribution in [0.15, 0.2) is 54.1 Å². The van der Waals surface area contributed by atoms with Crippen LogP contribution in [0.25, 0.3) is 0 Å². The lowest BCUT2D eigenvalue weighted by atomic mass is 9.67. The Bertz CT molecular complexity index is 911. The molecule has 174 valence electrons. The Morgan fingerprint density at radius 1 is 1.28 bits per heavy atom. The van der Waals surface area contributed by atoms with E-state index in [0.29, 0.717) is 49.1 Å². The van der Waals surface area contributed by atoms with Crippen molar-refractivity contribution in [1.29, 1.82) is 0 Å². The summed E-state index contributed by atoms with van der Waals surface area (Å²) in [4.78, 5) is 15.1. The van der Waals surface area contributed by atoms with Gasteiger partial charge in [0, 0.05) is 19.0 Å². The van der Waals surface area contributed by atoms with Gasteiger partial charge in [-0.2, -0.15) is 0 Å². The van der Waals surface area contributed by atoms with Gasteiger partial charge < -0.3 is 9.64 Å². The molecule has 1 aliphatic carbocycles. The lowest BCUT2D eigenvalue weighted by Crippen LogP contribution is -2.52. The Morgan fingerprint density at radius 3 is 2.53 bits per heavy atom. The van der Waals surface area contributed by atoms with E-state index in [-0.39, 0.29) is 23.9 Å². The number of hydrogen-bond acceptors (Lipinski definition) is 2. The van der Waals surface area contributed by atoms with Crippen LogP contribution in [0, 0.1) is 17.0 Å². The van der Waals surface area contributed by atoms with Crippen LogP contribution in [0.4, 0.5) is 13.2 Å². The van der Waals surface area contributed by atoms with Crippen LogP contribution in [0.2, 0.25) is 0 Å². The maximum atomic E-state index is 13.8. The summed E-state index contributed by atoms with van der Waals surface area (Å²) in [5, 5.41) is 0. The second-order valence-corrected chi connectivity index (χ2v) is 9.16. The van der Waals surface area contributed by atoms with Crippen LogP contribution >= 0.6 is 0 Å². The van der Waals surface area contributed by atoms with E-state index in [4.69, 9.17) is 4.74 Å². The van der Waals surface area contributed by atoms with Crippen molar-refractivity contribution in [3.63, 3.8) is 0 Å². The van der Waals surface area contributed by atoms with E-state index in [1.54, 1.807) is 17.9 Å². The molecule has 1 atom stereocenters. The lowest BCUT2D eigenvalue weighted by Gasteiger charge is -2.46. The standard InChI is InChI=1S/C26H32F3NO2/c1-5-8-21(11-17(3)23(29)6-2)32-22-15-26(4,16-22)25(31)30-10-7-9-24(30)18-12-19(27)14-20(28)13-18/h6,11-14,22,24H,2,5,7-10,15-16H2,1,3-4H3/b21-11+,23-17+. The van der Waals surface area contributed by atoms with Crippen LogP contribution in [0.5, 0.6) is 0 Å². The topological polar surface area (TPSA) is 29.5 Å². The number of ether oxygens (including phenoxy) is 1. The van der Waals surface area contributed by atoms with Gasteiger partial charge >= 0.3 is 0 Å². The molecule has 3 rings (SSSR count). The fourth-order valence-corrected chi connectivity index (χ4v) is 4.77. The first-order valence-electron chi connectivity index (χ1n) is 11.3. The molecular formula is C26H32F3NO2. The first-order chi connectivity index (χ1) is 15.2. The first kappa shape index (κ1) is 24.1. The average molecular weight is 448 g/mol. The van der Waals surface area contributed by atoms with Gasteiger partial charge in [-0.1, -0.05) is 20.4 Å². The van der Waals surface area contributed by atoms with Crippen LogP contribution in [-0.4, -0.2) is 23.5 Å². The van der Waals surface area contributed by atoms with Crippen molar-refractivity contribution in [1.82, 2.24) is 4.90 Å². The molecule has 6 heteroatoms. The zero-order valence-corrected chi connectivity index (χ0v) is 19.1. The van der Waals surface area contributed by atoms with Crippen LogP contribution in [0.3, 0.4) is 0 Å². The van der Waals surface area contributed by atoms with Crippen LogP contribution < -0.4 is 0 Å². The Balaban J connectivity index is 1.67. The molecule has 0 bridgehead atoms. The smallest absolute Gasteiger partial charge is 0.229 e. The zero-order chi connectivity index (χ0) is 23.5. The number of nitrogens with zero attached hydrogens (tertiary/aromatic N) is 1. The number of allylic oxidation sites excluding steroid dienone is 5. The van der Waals surface area contributed by atoms with Gasteiger partial charge in [-0.15, -0.1) is 0 Å². The average Bonchev–Trinajstić information content (AvgIpc) is 3.20. The molecule has 1 unspecified atom stereocenters. The van der Waals surface area contributed by atoms with Crippen molar-refractivity contribution in [2.75, 3.05) is 6.54 Å². The summed E-state index contributed by atoms with van der Waals surface area (Å²) in [5.41, 5.74) is 0.390. The monoisotopic (exact) mass is 447 g/mol. The predicted octanol–water partition coefficient (Wildman–Crippen LogP) is 6.93. The molecule has 2 aliphatic rings. The second kappa shape index (κ2) is 9.97. The third-order valence-corrected chi connectivity index (χ3v) is 6.40. The van der Waals surface area contributed by atoms with Crippen molar-refractivity contribution in [3.05, 3.63) is 71.3 Å². The number of halogens is 3. The number of carbonyl (C=O) groups excluding carboxylic acids is 1. The highest BCUT2D eigenvalue weighted by molar-refractivity contribution is 5.84. The van der Waals surface area contributed by atoms with Gasteiger partial charge in [-0.05, 0) is 74.4 Å². The molecule has 0 radical (unpaired) electrons. The fourth-order valence-electron chi connectivity index (χ4n) is 4.77. The summed E-state index contributed by atoms with van der Waals surface area (Å²) in [6.45, 7) is 9.65. The van der Waals surface area contributed by atoms with Crippen molar-refractivity contribution in [2.24, 2.45) is 5.41 Å². The number of rotatable bonds is 8. The minimum absolute atomic E-state index is 0.000631. The minimum atomic E-state index is -0.630. The van der Waals surface area contributed by atoms with E-state index < -0.39 is 17.0 Å². The Morgan fingerprint density at radius 2 is 1.94 bits per heavy atom. The summed E-state index contributed by atoms with van der Waals surface area (Å²) in [5.74, 6) is -0.940. The molecule has 2 fully saturated rings. The molecule has 1 amide bonds. The molecule has 1 aromatic carbocycles. The molecule has 32 heavy (non-hydrogen) atoms. The summed E-state index contributed by atoms with van der Waals surface area (Å²) in [6, 6.07) is 3.16. The SMILES string of the molecule is C=C/C(F)=C(C)\C=C(/CCC)OC1CC(C)(C(=O)N2CCCC2c2cc(F)cc(F)c2)C1. The zero-order valence-electron chi connectivity index (χ0n) is 19.1. The van der Waals surface area contributed by atoms with Gasteiger partial charge in [-0.25, -0.2) is 13.2 Å². The molecule has 0 spiro atoms. The molecule has 1 aromatic rings. The van der Waals surface area contributed by atoms with E-state index in [0.717, 1.165) is 18.9 Å². The molecule has 1 saturated carbocycles. The van der Waals surface area contributed by atoms with Crippen molar-refractivity contribution >= 4 is 5.91 Å². The molecule has 1 heterocycles. The molecule has 3 nitrogen and oxygen atoms in total. The maximum Gasteiger partial charge on any atom is 0.229 e. The molecular weight excluding hydrogens is 415 g/mol. The van der Waals surface area contributed by atoms with E-state index in [2.05, 4.69) is 6.58 Å². The van der Waals surface area contributed by atoms with Crippen molar-refractivity contribution in [3.8, 4) is 0 Å². The summed E-state index contributed by atoms with van der Waals surface area (Å²) < 4.78 is 47.3. The Hall–Kier alpha value is -2.50. The van der Waals surface area contributed by atoms with Gasteiger partial charge in [0.2, 0.25) is 5.91 Å². The van der Waals surface area contributed by atoms with Gasteiger partial charge in [-0.3, -0.25) is 4.79 Å². The molecule has 0 aromatic heterocycles. The quantitative estimate of drug-likeness (QED) is 0.319. The summed E-state index contributed by atoms with van der Waals surface area (Å²) in [6.07, 6.45) is 6.90. The fraction of sp³-hybridized carbons (Fsp3) is 0.500. The highest BCUT2D eigenvalue weighted by atomic mass is 19.1. The largest absolute Gasteiger partial charge is 0.495 e. The Labute approximate surface area is 188 Å². The molecule has 0 N–H and O–H groups in total. The predicted molar refractivity (Wildman–Crippen MR) is 119 cm³/mol. The van der Waals surface area contributed by atoms with E-state index in [1.807, 2.05) is 13.8 Å². The third-order valence-electron chi connectivity index (χ3n) is 6.40. The van der Waals surface area contributed by atoms with E-state index in [9.17, 15) is 18.0 Å². The van der Waals surface area contributed by atoms with Crippen molar-refractivity contribution < 1.29 is 22.7 Å². The number of hydrogen-bond donors (Lipinski definition) is 0. The first-order valence-corrected chi connectivity index (χ1v) is 11.3.